The van der Waals surface area contributed by atoms with Crippen LogP contribution in [0.15, 0.2) is 77.7 Å². The number of sulfonamides is 1. The van der Waals surface area contributed by atoms with Crippen LogP contribution in [0.25, 0.3) is 0 Å². The number of nitrogens with zero attached hydrogens (tertiary/aromatic N) is 2. The van der Waals surface area contributed by atoms with Crippen molar-refractivity contribution < 1.29 is 22.7 Å². The molecule has 3 aromatic rings. The van der Waals surface area contributed by atoms with E-state index in [1.54, 1.807) is 69.5 Å². The molecule has 0 fully saturated rings. The first-order valence-corrected chi connectivity index (χ1v) is 14.4. The predicted octanol–water partition coefficient (Wildman–Crippen LogP) is 4.31. The van der Waals surface area contributed by atoms with Crippen LogP contribution in [0.1, 0.15) is 37.5 Å². The number of benzene rings is 3. The number of likely N-dealkylation sites (N-methyl/N-ethyl adjacent to an activating group) is 1. The van der Waals surface area contributed by atoms with E-state index in [-0.39, 0.29) is 17.3 Å². The molecule has 0 saturated heterocycles. The van der Waals surface area contributed by atoms with E-state index in [9.17, 15) is 18.0 Å². The van der Waals surface area contributed by atoms with E-state index in [4.69, 9.17) is 4.74 Å². The topological polar surface area (TPSA) is 96.0 Å². The molecule has 0 aliphatic rings. The van der Waals surface area contributed by atoms with Gasteiger partial charge in [0, 0.05) is 13.1 Å². The van der Waals surface area contributed by atoms with Gasteiger partial charge in [0.1, 0.15) is 18.3 Å². The number of rotatable bonds is 12. The quantitative estimate of drug-likeness (QED) is 0.362. The summed E-state index contributed by atoms with van der Waals surface area (Å²) in [6, 6.07) is 20.1. The molecular formula is C30H37N3O5S. The lowest BCUT2D eigenvalue weighted by Gasteiger charge is -2.32. The van der Waals surface area contributed by atoms with E-state index in [1.807, 2.05) is 38.1 Å². The number of carbonyl (C=O) groups is 2. The Labute approximate surface area is 231 Å². The third-order valence-corrected chi connectivity index (χ3v) is 8.33. The van der Waals surface area contributed by atoms with Crippen molar-refractivity contribution in [3.8, 4) is 5.75 Å². The Morgan fingerprint density at radius 1 is 0.949 bits per heavy atom. The molecule has 0 radical (unpaired) electrons. The van der Waals surface area contributed by atoms with Gasteiger partial charge < -0.3 is 15.0 Å². The van der Waals surface area contributed by atoms with Gasteiger partial charge in [-0.25, -0.2) is 8.42 Å². The summed E-state index contributed by atoms with van der Waals surface area (Å²) in [4.78, 5) is 28.3. The molecule has 0 aliphatic heterocycles. The highest BCUT2D eigenvalue weighted by Crippen LogP contribution is 2.28. The maximum Gasteiger partial charge on any atom is 0.264 e. The molecule has 3 rings (SSSR count). The van der Waals surface area contributed by atoms with Gasteiger partial charge in [-0.2, -0.15) is 0 Å². The number of ether oxygens (including phenoxy) is 1. The first-order chi connectivity index (χ1) is 18.6. The molecule has 3 aromatic carbocycles. The SMILES string of the molecule is CCNC(=O)[C@@H](C)N(Cc1ccc(OC)cc1)C(=O)CN(c1ccccc1CC)S(=O)(=O)c1ccc(C)cc1. The molecule has 0 unspecified atom stereocenters. The number of methoxy groups -OCH3 is 1. The highest BCUT2D eigenvalue weighted by molar-refractivity contribution is 7.92. The second-order valence-corrected chi connectivity index (χ2v) is 11.1. The van der Waals surface area contributed by atoms with Gasteiger partial charge in [0.15, 0.2) is 0 Å². The van der Waals surface area contributed by atoms with Gasteiger partial charge in [-0.05, 0) is 68.7 Å². The maximum absolute atomic E-state index is 14.0. The summed E-state index contributed by atoms with van der Waals surface area (Å²) in [5, 5.41) is 2.76. The predicted molar refractivity (Wildman–Crippen MR) is 153 cm³/mol. The highest BCUT2D eigenvalue weighted by Gasteiger charge is 2.33. The van der Waals surface area contributed by atoms with Crippen LogP contribution < -0.4 is 14.4 Å². The summed E-state index contributed by atoms with van der Waals surface area (Å²) in [6.45, 7) is 7.32. The summed E-state index contributed by atoms with van der Waals surface area (Å²) in [7, 11) is -2.53. The first-order valence-electron chi connectivity index (χ1n) is 13.0. The Kier molecular flexibility index (Phi) is 10.1. The number of anilines is 1. The van der Waals surface area contributed by atoms with Crippen molar-refractivity contribution in [1.82, 2.24) is 10.2 Å². The number of nitrogens with one attached hydrogen (secondary N) is 1. The van der Waals surface area contributed by atoms with Gasteiger partial charge in [0.25, 0.3) is 10.0 Å². The normalized spacial score (nSPS) is 11.9. The lowest BCUT2D eigenvalue weighted by Crippen LogP contribution is -2.51. The summed E-state index contributed by atoms with van der Waals surface area (Å²) in [5.74, 6) is -0.146. The minimum Gasteiger partial charge on any atom is -0.497 e. The first kappa shape index (κ1) is 29.7. The molecule has 8 nitrogen and oxygen atoms in total. The van der Waals surface area contributed by atoms with Crippen molar-refractivity contribution >= 4 is 27.5 Å². The Morgan fingerprint density at radius 3 is 2.18 bits per heavy atom. The lowest BCUT2D eigenvalue weighted by molar-refractivity contribution is -0.139. The molecule has 1 atom stereocenters. The second-order valence-electron chi connectivity index (χ2n) is 9.25. The second kappa shape index (κ2) is 13.3. The van der Waals surface area contributed by atoms with E-state index in [0.717, 1.165) is 21.0 Å². The Hall–Kier alpha value is -3.85. The van der Waals surface area contributed by atoms with E-state index in [0.29, 0.717) is 24.4 Å². The Morgan fingerprint density at radius 2 is 1.59 bits per heavy atom. The number of amides is 2. The van der Waals surface area contributed by atoms with E-state index < -0.39 is 28.5 Å². The zero-order valence-electron chi connectivity index (χ0n) is 23.2. The van der Waals surface area contributed by atoms with Gasteiger partial charge in [-0.1, -0.05) is 55.0 Å². The van der Waals surface area contributed by atoms with E-state index in [2.05, 4.69) is 5.32 Å². The van der Waals surface area contributed by atoms with Crippen LogP contribution in [0.2, 0.25) is 0 Å². The molecule has 208 valence electrons. The van der Waals surface area contributed by atoms with Crippen molar-refractivity contribution in [2.45, 2.75) is 51.6 Å². The zero-order valence-corrected chi connectivity index (χ0v) is 24.0. The molecule has 0 bridgehead atoms. The standard InChI is InChI=1S/C30H37N3O5S/c1-6-25-10-8-9-11-28(25)33(39(36,37)27-18-12-22(3)13-19-27)21-29(34)32(23(4)30(35)31-7-2)20-24-14-16-26(38-5)17-15-24/h8-19,23H,6-7,20-21H2,1-5H3,(H,31,35)/t23-/m1/s1. The fraction of sp³-hybridized carbons (Fsp3) is 0.333. The van der Waals surface area contributed by atoms with Crippen molar-refractivity contribution in [3.05, 3.63) is 89.5 Å². The molecule has 0 aliphatic carbocycles. The van der Waals surface area contributed by atoms with Crippen molar-refractivity contribution in [3.63, 3.8) is 0 Å². The monoisotopic (exact) mass is 551 g/mol. The van der Waals surface area contributed by atoms with Crippen LogP contribution in [0.3, 0.4) is 0 Å². The third-order valence-electron chi connectivity index (χ3n) is 6.56. The van der Waals surface area contributed by atoms with Gasteiger partial charge in [0.05, 0.1) is 17.7 Å². The zero-order chi connectivity index (χ0) is 28.6. The number of para-hydroxylation sites is 1. The number of aryl methyl sites for hydroxylation is 2. The average molecular weight is 552 g/mol. The van der Waals surface area contributed by atoms with Crippen LogP contribution in [0, 0.1) is 6.92 Å². The summed E-state index contributed by atoms with van der Waals surface area (Å²) >= 11 is 0. The van der Waals surface area contributed by atoms with Crippen LogP contribution in [0.4, 0.5) is 5.69 Å². The molecule has 0 aromatic heterocycles. The molecule has 9 heteroatoms. The molecule has 1 N–H and O–H groups in total. The van der Waals surface area contributed by atoms with E-state index >= 15 is 0 Å². The average Bonchev–Trinajstić information content (AvgIpc) is 2.94. The van der Waals surface area contributed by atoms with Crippen LogP contribution in [-0.4, -0.2) is 51.4 Å². The minimum atomic E-state index is -4.10. The van der Waals surface area contributed by atoms with Crippen LogP contribution in [-0.2, 0) is 32.6 Å². The van der Waals surface area contributed by atoms with Gasteiger partial charge in [-0.15, -0.1) is 0 Å². The Balaban J connectivity index is 2.05. The third kappa shape index (κ3) is 7.17. The summed E-state index contributed by atoms with van der Waals surface area (Å²) < 4.78 is 34.3. The molecular weight excluding hydrogens is 514 g/mol. The van der Waals surface area contributed by atoms with Crippen LogP contribution in [0.5, 0.6) is 5.75 Å². The summed E-state index contributed by atoms with van der Waals surface area (Å²) in [6.07, 6.45) is 0.579. The number of hydrogen-bond acceptors (Lipinski definition) is 5. The fourth-order valence-corrected chi connectivity index (χ4v) is 5.69. The lowest BCUT2D eigenvalue weighted by atomic mass is 10.1. The van der Waals surface area contributed by atoms with Crippen molar-refractivity contribution in [2.24, 2.45) is 0 Å². The number of carbonyl (C=O) groups excluding carboxylic acids is 2. The number of hydrogen-bond donors (Lipinski definition) is 1. The molecule has 2 amide bonds. The smallest absolute Gasteiger partial charge is 0.264 e. The minimum absolute atomic E-state index is 0.0882. The van der Waals surface area contributed by atoms with Gasteiger partial charge >= 0.3 is 0 Å². The molecule has 39 heavy (non-hydrogen) atoms. The Bertz CT molecular complexity index is 1370. The van der Waals surface area contributed by atoms with Crippen molar-refractivity contribution in [2.75, 3.05) is 24.5 Å². The van der Waals surface area contributed by atoms with E-state index in [1.165, 1.54) is 4.90 Å². The molecule has 0 heterocycles. The molecule has 0 saturated carbocycles. The van der Waals surface area contributed by atoms with Gasteiger partial charge in [0.2, 0.25) is 11.8 Å². The highest BCUT2D eigenvalue weighted by atomic mass is 32.2. The molecule has 0 spiro atoms. The maximum atomic E-state index is 14.0. The van der Waals surface area contributed by atoms with Crippen molar-refractivity contribution in [1.29, 1.82) is 0 Å². The van der Waals surface area contributed by atoms with Crippen LogP contribution >= 0.6 is 0 Å². The largest absolute Gasteiger partial charge is 0.497 e. The van der Waals surface area contributed by atoms with Gasteiger partial charge in [-0.3, -0.25) is 13.9 Å². The fourth-order valence-electron chi connectivity index (χ4n) is 4.24. The summed E-state index contributed by atoms with van der Waals surface area (Å²) in [5.41, 5.74) is 2.93.